The summed E-state index contributed by atoms with van der Waals surface area (Å²) in [5, 5.41) is 11.8. The van der Waals surface area contributed by atoms with Crippen LogP contribution in [0, 0.1) is 11.8 Å². The Kier molecular flexibility index (Phi) is 6.87. The smallest absolute Gasteiger partial charge is 0.329 e. The molecular formula is C14H28N2O3. The summed E-state index contributed by atoms with van der Waals surface area (Å²) in [5.41, 5.74) is -1.21. The number of amides is 2. The summed E-state index contributed by atoms with van der Waals surface area (Å²) in [7, 11) is 0. The minimum absolute atomic E-state index is 0.297. The lowest BCUT2D eigenvalue weighted by atomic mass is 9.99. The first-order chi connectivity index (χ1) is 8.62. The Hall–Kier alpha value is -1.26. The Balaban J connectivity index is 4.84. The number of aliphatic carboxylic acids is 1. The zero-order valence-corrected chi connectivity index (χ0v) is 13.0. The van der Waals surface area contributed by atoms with Crippen LogP contribution in [0.3, 0.4) is 0 Å². The van der Waals surface area contributed by atoms with Crippen molar-refractivity contribution in [3.05, 3.63) is 0 Å². The maximum Gasteiger partial charge on any atom is 0.329 e. The SMILES string of the molecule is CCC(C)(NC(=O)N(CC(C)C)CC(C)C)C(=O)O. The molecule has 0 radical (unpaired) electrons. The summed E-state index contributed by atoms with van der Waals surface area (Å²) < 4.78 is 0. The van der Waals surface area contributed by atoms with Crippen LogP contribution in [0.1, 0.15) is 48.0 Å². The highest BCUT2D eigenvalue weighted by Gasteiger charge is 2.34. The van der Waals surface area contributed by atoms with Gasteiger partial charge < -0.3 is 15.3 Å². The predicted molar refractivity (Wildman–Crippen MR) is 76.1 cm³/mol. The van der Waals surface area contributed by atoms with Gasteiger partial charge in [-0.25, -0.2) is 9.59 Å². The van der Waals surface area contributed by atoms with Gasteiger partial charge in [0, 0.05) is 13.1 Å². The number of nitrogens with zero attached hydrogens (tertiary/aromatic N) is 1. The maximum atomic E-state index is 12.2. The van der Waals surface area contributed by atoms with Gasteiger partial charge in [0.15, 0.2) is 0 Å². The fourth-order valence-corrected chi connectivity index (χ4v) is 1.73. The molecule has 2 amide bonds. The van der Waals surface area contributed by atoms with Crippen LogP contribution in [0.4, 0.5) is 4.79 Å². The summed E-state index contributed by atoms with van der Waals surface area (Å²) in [5.74, 6) is -0.304. The minimum Gasteiger partial charge on any atom is -0.480 e. The van der Waals surface area contributed by atoms with Crippen LogP contribution >= 0.6 is 0 Å². The number of carboxylic acids is 1. The number of hydrogen-bond donors (Lipinski definition) is 2. The van der Waals surface area contributed by atoms with E-state index in [4.69, 9.17) is 0 Å². The van der Waals surface area contributed by atoms with Gasteiger partial charge in [-0.3, -0.25) is 0 Å². The average molecular weight is 272 g/mol. The molecular weight excluding hydrogens is 244 g/mol. The van der Waals surface area contributed by atoms with Crippen molar-refractivity contribution in [2.45, 2.75) is 53.5 Å². The minimum atomic E-state index is -1.21. The third kappa shape index (κ3) is 5.94. The number of nitrogens with one attached hydrogen (secondary N) is 1. The zero-order chi connectivity index (χ0) is 15.2. The van der Waals surface area contributed by atoms with Gasteiger partial charge in [-0.1, -0.05) is 34.6 Å². The van der Waals surface area contributed by atoms with E-state index >= 15 is 0 Å². The summed E-state index contributed by atoms with van der Waals surface area (Å²) in [6.45, 7) is 12.7. The Morgan fingerprint density at radius 3 is 1.84 bits per heavy atom. The molecule has 0 fully saturated rings. The molecule has 0 aliphatic carbocycles. The first-order valence-electron chi connectivity index (χ1n) is 6.92. The number of carboxylic acid groups (broad SMARTS) is 1. The average Bonchev–Trinajstić information content (AvgIpc) is 2.26. The Bertz CT molecular complexity index is 306. The molecule has 0 saturated heterocycles. The summed E-state index contributed by atoms with van der Waals surface area (Å²) in [6, 6.07) is -0.297. The van der Waals surface area contributed by atoms with E-state index in [0.29, 0.717) is 31.3 Å². The molecule has 0 aromatic carbocycles. The first kappa shape index (κ1) is 17.7. The van der Waals surface area contributed by atoms with E-state index in [0.717, 1.165) is 0 Å². The molecule has 2 N–H and O–H groups in total. The van der Waals surface area contributed by atoms with Gasteiger partial charge in [-0.2, -0.15) is 0 Å². The van der Waals surface area contributed by atoms with E-state index in [2.05, 4.69) is 5.32 Å². The number of rotatable bonds is 7. The number of carbonyl (C=O) groups is 2. The normalized spacial score (nSPS) is 14.3. The highest BCUT2D eigenvalue weighted by atomic mass is 16.4. The van der Waals surface area contributed by atoms with Crippen molar-refractivity contribution in [1.82, 2.24) is 10.2 Å². The molecule has 0 spiro atoms. The topological polar surface area (TPSA) is 69.6 Å². The van der Waals surface area contributed by atoms with Gasteiger partial charge in [-0.15, -0.1) is 0 Å². The van der Waals surface area contributed by atoms with Gasteiger partial charge in [0.1, 0.15) is 5.54 Å². The molecule has 1 atom stereocenters. The molecule has 0 bridgehead atoms. The Morgan fingerprint density at radius 2 is 1.58 bits per heavy atom. The third-order valence-corrected chi connectivity index (χ3v) is 3.02. The highest BCUT2D eigenvalue weighted by molar-refractivity contribution is 5.85. The summed E-state index contributed by atoms with van der Waals surface area (Å²) >= 11 is 0. The number of carbonyl (C=O) groups excluding carboxylic acids is 1. The molecule has 0 aliphatic rings. The monoisotopic (exact) mass is 272 g/mol. The lowest BCUT2D eigenvalue weighted by Gasteiger charge is -2.31. The molecule has 112 valence electrons. The van der Waals surface area contributed by atoms with E-state index in [1.807, 2.05) is 27.7 Å². The van der Waals surface area contributed by atoms with Crippen molar-refractivity contribution in [3.8, 4) is 0 Å². The lowest BCUT2D eigenvalue weighted by molar-refractivity contribution is -0.143. The van der Waals surface area contributed by atoms with Crippen LogP contribution in [-0.4, -0.2) is 40.6 Å². The fraction of sp³-hybridized carbons (Fsp3) is 0.857. The van der Waals surface area contributed by atoms with Crippen molar-refractivity contribution in [2.24, 2.45) is 11.8 Å². The van der Waals surface area contributed by atoms with Crippen molar-refractivity contribution in [2.75, 3.05) is 13.1 Å². The quantitative estimate of drug-likeness (QED) is 0.748. The molecule has 0 aromatic heterocycles. The first-order valence-corrected chi connectivity index (χ1v) is 6.92. The summed E-state index contributed by atoms with van der Waals surface area (Å²) in [4.78, 5) is 25.2. The molecule has 5 heteroatoms. The Morgan fingerprint density at radius 1 is 1.16 bits per heavy atom. The van der Waals surface area contributed by atoms with E-state index < -0.39 is 11.5 Å². The highest BCUT2D eigenvalue weighted by Crippen LogP contribution is 2.12. The maximum absolute atomic E-state index is 12.2. The second kappa shape index (κ2) is 7.36. The number of urea groups is 1. The fourth-order valence-electron chi connectivity index (χ4n) is 1.73. The molecule has 5 nitrogen and oxygen atoms in total. The molecule has 0 aromatic rings. The van der Waals surface area contributed by atoms with Crippen molar-refractivity contribution in [3.63, 3.8) is 0 Å². The van der Waals surface area contributed by atoms with Crippen LogP contribution in [0.5, 0.6) is 0 Å². The summed E-state index contributed by atoms with van der Waals surface area (Å²) in [6.07, 6.45) is 0.352. The van der Waals surface area contributed by atoms with Crippen molar-refractivity contribution < 1.29 is 14.7 Å². The second-order valence-corrected chi connectivity index (χ2v) is 6.11. The predicted octanol–water partition coefficient (Wildman–Crippen LogP) is 2.56. The van der Waals surface area contributed by atoms with E-state index in [1.165, 1.54) is 6.92 Å². The third-order valence-electron chi connectivity index (χ3n) is 3.02. The van der Waals surface area contributed by atoms with Gasteiger partial charge >= 0.3 is 12.0 Å². The molecule has 0 saturated carbocycles. The molecule has 19 heavy (non-hydrogen) atoms. The molecule has 0 rings (SSSR count). The van der Waals surface area contributed by atoms with Crippen LogP contribution in [0.15, 0.2) is 0 Å². The van der Waals surface area contributed by atoms with E-state index in [9.17, 15) is 14.7 Å². The largest absolute Gasteiger partial charge is 0.480 e. The van der Waals surface area contributed by atoms with Crippen LogP contribution < -0.4 is 5.32 Å². The zero-order valence-electron chi connectivity index (χ0n) is 13.0. The number of hydrogen-bond acceptors (Lipinski definition) is 2. The van der Waals surface area contributed by atoms with Crippen LogP contribution in [-0.2, 0) is 4.79 Å². The Labute approximate surface area is 116 Å². The standard InChI is InChI=1S/C14H28N2O3/c1-7-14(6,12(17)18)15-13(19)16(8-10(2)3)9-11(4)5/h10-11H,7-9H2,1-6H3,(H,15,19)(H,17,18). The van der Waals surface area contributed by atoms with Crippen molar-refractivity contribution in [1.29, 1.82) is 0 Å². The second-order valence-electron chi connectivity index (χ2n) is 6.11. The van der Waals surface area contributed by atoms with E-state index in [-0.39, 0.29) is 6.03 Å². The van der Waals surface area contributed by atoms with E-state index in [1.54, 1.807) is 11.8 Å². The van der Waals surface area contributed by atoms with Gasteiger partial charge in [0.25, 0.3) is 0 Å². The van der Waals surface area contributed by atoms with Crippen molar-refractivity contribution >= 4 is 12.0 Å². The molecule has 0 aliphatic heterocycles. The van der Waals surface area contributed by atoms with Crippen LogP contribution in [0.2, 0.25) is 0 Å². The molecule has 0 heterocycles. The van der Waals surface area contributed by atoms with Gasteiger partial charge in [-0.05, 0) is 25.2 Å². The molecule has 1 unspecified atom stereocenters. The van der Waals surface area contributed by atoms with Crippen LogP contribution in [0.25, 0.3) is 0 Å². The van der Waals surface area contributed by atoms with Gasteiger partial charge in [0.2, 0.25) is 0 Å². The van der Waals surface area contributed by atoms with Gasteiger partial charge in [0.05, 0.1) is 0 Å². The lowest BCUT2D eigenvalue weighted by Crippen LogP contribution is -2.56.